The summed E-state index contributed by atoms with van der Waals surface area (Å²) in [5, 5.41) is 13.2. The number of amides is 1. The number of carbonyl (C=O) groups excluding carboxylic acids is 1. The van der Waals surface area contributed by atoms with E-state index in [2.05, 4.69) is 5.32 Å². The Balaban J connectivity index is 2.05. The van der Waals surface area contributed by atoms with Gasteiger partial charge in [0.25, 0.3) is 11.6 Å². The fourth-order valence-electron chi connectivity index (χ4n) is 1.70. The first-order valence-corrected chi connectivity index (χ1v) is 5.34. The van der Waals surface area contributed by atoms with Crippen molar-refractivity contribution in [2.75, 3.05) is 11.9 Å². The Morgan fingerprint density at radius 3 is 3.00 bits per heavy atom. The molecule has 1 amide bonds. The Morgan fingerprint density at radius 2 is 2.35 bits per heavy atom. The molecule has 0 bridgehead atoms. The number of nitro groups is 1. The molecule has 1 aromatic rings. The molecular formula is C11H12N2O4. The number of nitrogens with one attached hydrogen (secondary N) is 1. The van der Waals surface area contributed by atoms with Crippen molar-refractivity contribution >= 4 is 17.3 Å². The molecule has 0 radical (unpaired) electrons. The standard InChI is InChI=1S/C11H12N2O4/c14-11(10-5-2-6-17-10)12-8-3-1-4-9(7-8)13(15)16/h1,3-4,7,10H,2,5-6H2,(H,12,14). The van der Waals surface area contributed by atoms with E-state index in [0.29, 0.717) is 18.7 Å². The molecule has 1 aliphatic heterocycles. The molecule has 1 saturated heterocycles. The molecule has 1 aliphatic rings. The average Bonchev–Trinajstić information content (AvgIpc) is 2.82. The molecule has 1 unspecified atom stereocenters. The number of rotatable bonds is 3. The van der Waals surface area contributed by atoms with E-state index in [1.54, 1.807) is 6.07 Å². The molecule has 1 atom stereocenters. The second-order valence-electron chi connectivity index (χ2n) is 3.80. The first kappa shape index (κ1) is 11.5. The van der Waals surface area contributed by atoms with E-state index in [-0.39, 0.29) is 11.6 Å². The number of benzene rings is 1. The molecule has 90 valence electrons. The van der Waals surface area contributed by atoms with Crippen LogP contribution in [0.1, 0.15) is 12.8 Å². The van der Waals surface area contributed by atoms with E-state index < -0.39 is 11.0 Å². The fourth-order valence-corrected chi connectivity index (χ4v) is 1.70. The number of hydrogen-bond acceptors (Lipinski definition) is 4. The Hall–Kier alpha value is -1.95. The lowest BCUT2D eigenvalue weighted by atomic mass is 10.2. The number of anilines is 1. The monoisotopic (exact) mass is 236 g/mol. The van der Waals surface area contributed by atoms with Crippen LogP contribution in [0.2, 0.25) is 0 Å². The molecular weight excluding hydrogens is 224 g/mol. The van der Waals surface area contributed by atoms with Gasteiger partial charge in [-0.2, -0.15) is 0 Å². The third-order valence-corrected chi connectivity index (χ3v) is 2.55. The molecule has 0 aromatic heterocycles. The zero-order valence-corrected chi connectivity index (χ0v) is 9.09. The lowest BCUT2D eigenvalue weighted by molar-refractivity contribution is -0.384. The number of non-ortho nitro benzene ring substituents is 1. The normalized spacial score (nSPS) is 18.9. The summed E-state index contributed by atoms with van der Waals surface area (Å²) in [6.45, 7) is 0.590. The van der Waals surface area contributed by atoms with Crippen molar-refractivity contribution in [2.24, 2.45) is 0 Å². The zero-order valence-electron chi connectivity index (χ0n) is 9.09. The van der Waals surface area contributed by atoms with E-state index in [1.165, 1.54) is 18.2 Å². The third-order valence-electron chi connectivity index (χ3n) is 2.55. The van der Waals surface area contributed by atoms with Crippen molar-refractivity contribution in [3.63, 3.8) is 0 Å². The van der Waals surface area contributed by atoms with Crippen molar-refractivity contribution in [1.29, 1.82) is 0 Å². The molecule has 1 aromatic carbocycles. The van der Waals surface area contributed by atoms with Crippen LogP contribution in [0.4, 0.5) is 11.4 Å². The van der Waals surface area contributed by atoms with E-state index in [1.807, 2.05) is 0 Å². The smallest absolute Gasteiger partial charge is 0.271 e. The predicted molar refractivity (Wildman–Crippen MR) is 60.7 cm³/mol. The van der Waals surface area contributed by atoms with Crippen molar-refractivity contribution < 1.29 is 14.5 Å². The summed E-state index contributed by atoms with van der Waals surface area (Å²) in [6, 6.07) is 5.84. The molecule has 1 heterocycles. The number of nitro benzene ring substituents is 1. The molecule has 6 nitrogen and oxygen atoms in total. The van der Waals surface area contributed by atoms with Crippen molar-refractivity contribution in [3.8, 4) is 0 Å². The summed E-state index contributed by atoms with van der Waals surface area (Å²) in [4.78, 5) is 21.8. The van der Waals surface area contributed by atoms with Gasteiger partial charge >= 0.3 is 0 Å². The highest BCUT2D eigenvalue weighted by atomic mass is 16.6. The van der Waals surface area contributed by atoms with E-state index >= 15 is 0 Å². The highest BCUT2D eigenvalue weighted by Crippen LogP contribution is 2.19. The summed E-state index contributed by atoms with van der Waals surface area (Å²) in [6.07, 6.45) is 1.13. The quantitative estimate of drug-likeness (QED) is 0.639. The minimum atomic E-state index is -0.498. The SMILES string of the molecule is O=C(Nc1cccc([N+](=O)[O-])c1)C1CCCO1. The number of ether oxygens (including phenoxy) is 1. The number of hydrogen-bond donors (Lipinski definition) is 1. The van der Waals surface area contributed by atoms with Gasteiger partial charge in [0.1, 0.15) is 6.10 Å². The van der Waals surface area contributed by atoms with Gasteiger partial charge in [-0.15, -0.1) is 0 Å². The first-order chi connectivity index (χ1) is 8.16. The van der Waals surface area contributed by atoms with Crippen LogP contribution in [-0.2, 0) is 9.53 Å². The molecule has 1 fully saturated rings. The molecule has 17 heavy (non-hydrogen) atoms. The Bertz CT molecular complexity index is 441. The maximum Gasteiger partial charge on any atom is 0.271 e. The minimum absolute atomic E-state index is 0.0462. The molecule has 0 spiro atoms. The third kappa shape index (κ3) is 2.79. The molecule has 2 rings (SSSR count). The molecule has 0 saturated carbocycles. The largest absolute Gasteiger partial charge is 0.368 e. The van der Waals surface area contributed by atoms with Gasteiger partial charge in [-0.05, 0) is 18.9 Å². The number of nitrogens with zero attached hydrogens (tertiary/aromatic N) is 1. The van der Waals surface area contributed by atoms with E-state index in [0.717, 1.165) is 6.42 Å². The topological polar surface area (TPSA) is 81.5 Å². The zero-order chi connectivity index (χ0) is 12.3. The molecule has 6 heteroatoms. The first-order valence-electron chi connectivity index (χ1n) is 5.34. The van der Waals surface area contributed by atoms with Gasteiger partial charge in [-0.25, -0.2) is 0 Å². The Labute approximate surface area is 97.7 Å². The van der Waals surface area contributed by atoms with Crippen LogP contribution in [0.15, 0.2) is 24.3 Å². The maximum absolute atomic E-state index is 11.7. The van der Waals surface area contributed by atoms with Crippen LogP contribution in [0.25, 0.3) is 0 Å². The maximum atomic E-state index is 11.7. The van der Waals surface area contributed by atoms with E-state index in [4.69, 9.17) is 4.74 Å². The van der Waals surface area contributed by atoms with Crippen LogP contribution >= 0.6 is 0 Å². The van der Waals surface area contributed by atoms with Gasteiger partial charge in [-0.3, -0.25) is 14.9 Å². The van der Waals surface area contributed by atoms with Gasteiger partial charge < -0.3 is 10.1 Å². The second-order valence-corrected chi connectivity index (χ2v) is 3.80. The predicted octanol–water partition coefficient (Wildman–Crippen LogP) is 1.71. The lowest BCUT2D eigenvalue weighted by Gasteiger charge is -2.09. The highest BCUT2D eigenvalue weighted by molar-refractivity contribution is 5.94. The van der Waals surface area contributed by atoms with Crippen LogP contribution in [0.5, 0.6) is 0 Å². The Kier molecular flexibility index (Phi) is 3.34. The van der Waals surface area contributed by atoms with Crippen LogP contribution in [0.3, 0.4) is 0 Å². The van der Waals surface area contributed by atoms with Crippen LogP contribution in [-0.4, -0.2) is 23.5 Å². The Morgan fingerprint density at radius 1 is 1.53 bits per heavy atom. The summed E-state index contributed by atoms with van der Waals surface area (Å²) in [7, 11) is 0. The second kappa shape index (κ2) is 4.92. The van der Waals surface area contributed by atoms with Crippen molar-refractivity contribution in [3.05, 3.63) is 34.4 Å². The lowest BCUT2D eigenvalue weighted by Crippen LogP contribution is -2.26. The number of carbonyl (C=O) groups is 1. The molecule has 0 aliphatic carbocycles. The van der Waals surface area contributed by atoms with Crippen molar-refractivity contribution in [2.45, 2.75) is 18.9 Å². The molecule has 1 N–H and O–H groups in total. The van der Waals surface area contributed by atoms with Gasteiger partial charge in [0.2, 0.25) is 0 Å². The summed E-state index contributed by atoms with van der Waals surface area (Å²) < 4.78 is 5.22. The van der Waals surface area contributed by atoms with Crippen molar-refractivity contribution in [1.82, 2.24) is 0 Å². The van der Waals surface area contributed by atoms with Gasteiger partial charge in [0.15, 0.2) is 0 Å². The van der Waals surface area contributed by atoms with Crippen LogP contribution in [0, 0.1) is 10.1 Å². The average molecular weight is 236 g/mol. The summed E-state index contributed by atoms with van der Waals surface area (Å²) in [5.41, 5.74) is 0.370. The summed E-state index contributed by atoms with van der Waals surface area (Å²) in [5.74, 6) is -0.247. The van der Waals surface area contributed by atoms with Crippen LogP contribution < -0.4 is 5.32 Å². The van der Waals surface area contributed by atoms with E-state index in [9.17, 15) is 14.9 Å². The van der Waals surface area contributed by atoms with Gasteiger partial charge in [-0.1, -0.05) is 6.07 Å². The highest BCUT2D eigenvalue weighted by Gasteiger charge is 2.23. The summed E-state index contributed by atoms with van der Waals surface area (Å²) >= 11 is 0. The minimum Gasteiger partial charge on any atom is -0.368 e. The fraction of sp³-hybridized carbons (Fsp3) is 0.364. The van der Waals surface area contributed by atoms with Gasteiger partial charge in [0.05, 0.1) is 4.92 Å². The van der Waals surface area contributed by atoms with Gasteiger partial charge in [0, 0.05) is 24.4 Å².